The van der Waals surface area contributed by atoms with Crippen LogP contribution in [0.4, 0.5) is 5.69 Å². The van der Waals surface area contributed by atoms with Crippen molar-refractivity contribution in [3.05, 3.63) is 46.4 Å². The zero-order valence-electron chi connectivity index (χ0n) is 12.6. The van der Waals surface area contributed by atoms with Gasteiger partial charge in [0.05, 0.1) is 22.7 Å². The molecule has 0 bridgehead atoms. The fourth-order valence-electron chi connectivity index (χ4n) is 1.87. The summed E-state index contributed by atoms with van der Waals surface area (Å²) in [5.74, 6) is 0.479. The molecule has 0 aliphatic rings. The van der Waals surface area contributed by atoms with E-state index < -0.39 is 21.1 Å². The minimum atomic E-state index is -4.54. The Balaban J connectivity index is 2.42. The Labute approximate surface area is 160 Å². The maximum absolute atomic E-state index is 11.4. The lowest BCUT2D eigenvalue weighted by Crippen LogP contribution is -2.21. The predicted octanol–water partition coefficient (Wildman–Crippen LogP) is 4.04. The van der Waals surface area contributed by atoms with Gasteiger partial charge in [0.2, 0.25) is 0 Å². The van der Waals surface area contributed by atoms with Crippen molar-refractivity contribution in [3.8, 4) is 11.5 Å². The van der Waals surface area contributed by atoms with Crippen LogP contribution in [0.2, 0.25) is 10.0 Å². The van der Waals surface area contributed by atoms with Crippen LogP contribution in [-0.4, -0.2) is 36.6 Å². The molecule has 6 nitrogen and oxygen atoms in total. The Bertz CT molecular complexity index is 843. The van der Waals surface area contributed by atoms with Crippen molar-refractivity contribution in [2.75, 3.05) is 17.7 Å². The third kappa shape index (κ3) is 5.64. The molecule has 0 radical (unpaired) electrons. The maximum atomic E-state index is 11.4. The Kier molecular flexibility index (Phi) is 6.79. The normalized spacial score (nSPS) is 12.7. The third-order valence-corrected chi connectivity index (χ3v) is 4.99. The van der Waals surface area contributed by atoms with E-state index in [2.05, 4.69) is 5.32 Å². The van der Waals surface area contributed by atoms with E-state index in [1.807, 2.05) is 0 Å². The summed E-state index contributed by atoms with van der Waals surface area (Å²) in [6.07, 6.45) is -0.829. The second-order valence-corrected chi connectivity index (χ2v) is 7.54. The minimum absolute atomic E-state index is 0.0111. The zero-order valence-corrected chi connectivity index (χ0v) is 15.7. The van der Waals surface area contributed by atoms with Gasteiger partial charge in [0.1, 0.15) is 10.6 Å². The molecule has 2 rings (SSSR count). The van der Waals surface area contributed by atoms with Gasteiger partial charge in [-0.05, 0) is 30.3 Å². The summed E-state index contributed by atoms with van der Waals surface area (Å²) < 4.78 is 37.8. The van der Waals surface area contributed by atoms with Crippen LogP contribution >= 0.6 is 34.8 Å². The van der Waals surface area contributed by atoms with Gasteiger partial charge in [0, 0.05) is 17.6 Å². The molecule has 25 heavy (non-hydrogen) atoms. The molecule has 2 aromatic rings. The SMILES string of the molecule is O=S(=O)(O)c1cc(Oc2ccc(Cl)cc2)c(NCC(O)CCl)cc1Cl. The highest BCUT2D eigenvalue weighted by molar-refractivity contribution is 7.86. The average molecular weight is 427 g/mol. The van der Waals surface area contributed by atoms with Crippen molar-refractivity contribution in [2.45, 2.75) is 11.0 Å². The van der Waals surface area contributed by atoms with Crippen LogP contribution in [0.3, 0.4) is 0 Å². The molecule has 0 aromatic heterocycles. The van der Waals surface area contributed by atoms with Gasteiger partial charge in [-0.2, -0.15) is 8.42 Å². The summed E-state index contributed by atoms with van der Waals surface area (Å²) in [5, 5.41) is 12.7. The van der Waals surface area contributed by atoms with Crippen molar-refractivity contribution in [1.82, 2.24) is 0 Å². The Morgan fingerprint density at radius 3 is 2.36 bits per heavy atom. The van der Waals surface area contributed by atoms with E-state index >= 15 is 0 Å². The number of aliphatic hydroxyl groups excluding tert-OH is 1. The number of hydrogen-bond acceptors (Lipinski definition) is 5. The lowest BCUT2D eigenvalue weighted by molar-refractivity contribution is 0.211. The highest BCUT2D eigenvalue weighted by Gasteiger charge is 2.20. The number of aliphatic hydroxyl groups is 1. The number of nitrogens with one attached hydrogen (secondary N) is 1. The summed E-state index contributed by atoms with van der Waals surface area (Å²) in [6.45, 7) is 0.0853. The van der Waals surface area contributed by atoms with Gasteiger partial charge in [0.25, 0.3) is 10.1 Å². The van der Waals surface area contributed by atoms with Gasteiger partial charge in [0.15, 0.2) is 5.75 Å². The summed E-state index contributed by atoms with van der Waals surface area (Å²) >= 11 is 17.3. The minimum Gasteiger partial charge on any atom is -0.455 e. The lowest BCUT2D eigenvalue weighted by Gasteiger charge is -2.16. The Hall–Kier alpha value is -1.22. The topological polar surface area (TPSA) is 95.9 Å². The number of halogens is 3. The van der Waals surface area contributed by atoms with Gasteiger partial charge in [-0.25, -0.2) is 0 Å². The van der Waals surface area contributed by atoms with Crippen LogP contribution in [0.5, 0.6) is 11.5 Å². The van der Waals surface area contributed by atoms with Crippen molar-refractivity contribution < 1.29 is 22.8 Å². The molecule has 10 heteroatoms. The number of anilines is 1. The Morgan fingerprint density at radius 1 is 1.16 bits per heavy atom. The molecule has 0 fully saturated rings. The van der Waals surface area contributed by atoms with Crippen LogP contribution in [0.15, 0.2) is 41.3 Å². The molecule has 3 N–H and O–H groups in total. The van der Waals surface area contributed by atoms with Crippen LogP contribution < -0.4 is 10.1 Å². The largest absolute Gasteiger partial charge is 0.455 e. The van der Waals surface area contributed by atoms with Crippen LogP contribution in [0.25, 0.3) is 0 Å². The van der Waals surface area contributed by atoms with Gasteiger partial charge in [-0.3, -0.25) is 4.55 Å². The summed E-state index contributed by atoms with van der Waals surface area (Å²) in [4.78, 5) is -0.499. The molecule has 0 spiro atoms. The second-order valence-electron chi connectivity index (χ2n) is 5.00. The van der Waals surface area contributed by atoms with Crippen molar-refractivity contribution in [2.24, 2.45) is 0 Å². The summed E-state index contributed by atoms with van der Waals surface area (Å²) in [7, 11) is -4.54. The van der Waals surface area contributed by atoms with E-state index in [-0.39, 0.29) is 23.2 Å². The molecule has 0 saturated carbocycles. The van der Waals surface area contributed by atoms with Gasteiger partial charge >= 0.3 is 0 Å². The van der Waals surface area contributed by atoms with Gasteiger partial charge in [-0.1, -0.05) is 23.2 Å². The fraction of sp³-hybridized carbons (Fsp3) is 0.200. The molecular formula is C15H14Cl3NO5S. The molecule has 0 aliphatic heterocycles. The highest BCUT2D eigenvalue weighted by Crippen LogP contribution is 2.36. The molecular weight excluding hydrogens is 413 g/mol. The molecule has 0 amide bonds. The quantitative estimate of drug-likeness (QED) is 0.457. The van der Waals surface area contributed by atoms with E-state index in [1.165, 1.54) is 6.07 Å². The molecule has 0 heterocycles. The number of ether oxygens (including phenoxy) is 1. The molecule has 136 valence electrons. The third-order valence-electron chi connectivity index (χ3n) is 3.06. The average Bonchev–Trinajstić information content (AvgIpc) is 2.55. The molecule has 1 atom stereocenters. The molecule has 0 saturated heterocycles. The van der Waals surface area contributed by atoms with Crippen molar-refractivity contribution in [3.63, 3.8) is 0 Å². The van der Waals surface area contributed by atoms with E-state index in [0.29, 0.717) is 16.5 Å². The first kappa shape index (κ1) is 20.1. The van der Waals surface area contributed by atoms with Gasteiger partial charge in [-0.15, -0.1) is 11.6 Å². The van der Waals surface area contributed by atoms with Crippen molar-refractivity contribution in [1.29, 1.82) is 0 Å². The van der Waals surface area contributed by atoms with Crippen LogP contribution in [-0.2, 0) is 10.1 Å². The number of alkyl halides is 1. The monoisotopic (exact) mass is 425 g/mol. The summed E-state index contributed by atoms with van der Waals surface area (Å²) in [6, 6.07) is 8.73. The second kappa shape index (κ2) is 8.44. The zero-order chi connectivity index (χ0) is 18.6. The lowest BCUT2D eigenvalue weighted by atomic mass is 10.2. The first-order valence-electron chi connectivity index (χ1n) is 6.93. The smallest absolute Gasteiger partial charge is 0.296 e. The molecule has 0 aliphatic carbocycles. The van der Waals surface area contributed by atoms with E-state index in [4.69, 9.17) is 39.5 Å². The van der Waals surface area contributed by atoms with Gasteiger partial charge < -0.3 is 15.2 Å². The maximum Gasteiger partial charge on any atom is 0.296 e. The first-order valence-corrected chi connectivity index (χ1v) is 9.66. The first-order chi connectivity index (χ1) is 11.7. The molecule has 1 unspecified atom stereocenters. The Morgan fingerprint density at radius 2 is 1.80 bits per heavy atom. The van der Waals surface area contributed by atoms with Crippen LogP contribution in [0, 0.1) is 0 Å². The standard InChI is InChI=1S/C15H14Cl3NO5S/c16-7-10(20)8-19-13-5-12(18)15(25(21,22)23)6-14(13)24-11-3-1-9(17)2-4-11/h1-6,10,19-20H,7-8H2,(H,21,22,23). The predicted molar refractivity (Wildman–Crippen MR) is 98.0 cm³/mol. The van der Waals surface area contributed by atoms with E-state index in [1.54, 1.807) is 24.3 Å². The van der Waals surface area contributed by atoms with Crippen molar-refractivity contribution >= 4 is 50.6 Å². The number of hydrogen-bond donors (Lipinski definition) is 3. The summed E-state index contributed by atoms with van der Waals surface area (Å²) in [5.41, 5.74) is 0.316. The van der Waals surface area contributed by atoms with E-state index in [0.717, 1.165) is 6.07 Å². The van der Waals surface area contributed by atoms with E-state index in [9.17, 15) is 18.1 Å². The molecule has 2 aromatic carbocycles. The highest BCUT2D eigenvalue weighted by atomic mass is 35.5. The van der Waals surface area contributed by atoms with Crippen LogP contribution in [0.1, 0.15) is 0 Å². The number of benzene rings is 2. The fourth-order valence-corrected chi connectivity index (χ4v) is 3.12. The number of rotatable bonds is 7.